The molecule has 1 N–H and O–H groups in total. The van der Waals surface area contributed by atoms with Gasteiger partial charge in [-0.25, -0.2) is 4.39 Å². The van der Waals surface area contributed by atoms with Crippen LogP contribution < -0.4 is 0 Å². The minimum atomic E-state index is -0.602. The van der Waals surface area contributed by atoms with Crippen LogP contribution in [0.1, 0.15) is 30.9 Å². The summed E-state index contributed by atoms with van der Waals surface area (Å²) in [4.78, 5) is 0. The number of phenols is 1. The van der Waals surface area contributed by atoms with E-state index in [4.69, 9.17) is 4.74 Å². The minimum Gasteiger partial charge on any atom is -0.504 e. The molecule has 0 amide bonds. The van der Waals surface area contributed by atoms with E-state index in [1.54, 1.807) is 6.07 Å². The molecule has 1 aromatic carbocycles. The number of hydrogen-bond donors (Lipinski definition) is 1. The molecule has 1 aliphatic heterocycles. The summed E-state index contributed by atoms with van der Waals surface area (Å²) in [7, 11) is 0. The number of phenolic OH excluding ortho intramolecular Hbond substituents is 1. The Morgan fingerprint density at radius 2 is 2.05 bits per heavy atom. The average molecular weight is 266 g/mol. The van der Waals surface area contributed by atoms with Crippen LogP contribution in [0.4, 0.5) is 4.39 Å². The van der Waals surface area contributed by atoms with Gasteiger partial charge in [-0.15, -0.1) is 0 Å². The van der Waals surface area contributed by atoms with Gasteiger partial charge in [0.1, 0.15) is 0 Å². The molecule has 0 aliphatic carbocycles. The topological polar surface area (TPSA) is 45.1 Å². The van der Waals surface area contributed by atoms with E-state index in [9.17, 15) is 9.50 Å². The van der Waals surface area contributed by atoms with Gasteiger partial charge in [0.05, 0.1) is 32.5 Å². The van der Waals surface area contributed by atoms with E-state index in [2.05, 4.69) is 5.10 Å². The summed E-state index contributed by atoms with van der Waals surface area (Å²) < 4.78 is 18.8. The van der Waals surface area contributed by atoms with Crippen LogP contribution in [0, 0.1) is 5.82 Å². The Bertz CT molecular complexity index is 469. The number of ether oxygens (including phenoxy) is 1. The average Bonchev–Trinajstić information content (AvgIpc) is 2.41. The molecule has 5 heteroatoms. The third kappa shape index (κ3) is 3.44. The number of hydrazone groups is 1. The lowest BCUT2D eigenvalue weighted by molar-refractivity contribution is 0.0397. The van der Waals surface area contributed by atoms with Crippen molar-refractivity contribution < 1.29 is 14.2 Å². The van der Waals surface area contributed by atoms with E-state index in [0.29, 0.717) is 31.9 Å². The Balaban J connectivity index is 2.20. The molecule has 1 heterocycles. The quantitative estimate of drug-likeness (QED) is 0.854. The van der Waals surface area contributed by atoms with Gasteiger partial charge in [0, 0.05) is 5.56 Å². The van der Waals surface area contributed by atoms with Crippen LogP contribution in [-0.4, -0.2) is 42.6 Å². The monoisotopic (exact) mass is 266 g/mol. The van der Waals surface area contributed by atoms with Gasteiger partial charge in [-0.1, -0.05) is 13.8 Å². The lowest BCUT2D eigenvalue weighted by Gasteiger charge is -2.23. The summed E-state index contributed by atoms with van der Waals surface area (Å²) >= 11 is 0. The van der Waals surface area contributed by atoms with Crippen LogP contribution in [-0.2, 0) is 4.74 Å². The molecule has 0 spiro atoms. The smallest absolute Gasteiger partial charge is 0.165 e. The Morgan fingerprint density at radius 3 is 2.68 bits per heavy atom. The Labute approximate surface area is 112 Å². The first kappa shape index (κ1) is 13.8. The van der Waals surface area contributed by atoms with E-state index in [1.165, 1.54) is 12.3 Å². The van der Waals surface area contributed by atoms with Crippen LogP contribution in [0.5, 0.6) is 5.75 Å². The highest BCUT2D eigenvalue weighted by Crippen LogP contribution is 2.25. The zero-order valence-corrected chi connectivity index (χ0v) is 11.3. The molecule has 0 radical (unpaired) electrons. The summed E-state index contributed by atoms with van der Waals surface area (Å²) in [6.45, 7) is 6.67. The predicted molar refractivity (Wildman–Crippen MR) is 72.1 cm³/mol. The van der Waals surface area contributed by atoms with Crippen molar-refractivity contribution in [2.24, 2.45) is 5.10 Å². The number of aromatic hydroxyl groups is 1. The number of rotatable bonds is 3. The SMILES string of the molecule is CC(C)c1cc(F)c(O)c(/C=N/N2CCOCC2)c1. The standard InChI is InChI=1S/C14H19FN2O2/c1-10(2)11-7-12(14(18)13(15)8-11)9-16-17-3-5-19-6-4-17/h7-10,18H,3-6H2,1-2H3/b16-9+. The van der Waals surface area contributed by atoms with E-state index in [-0.39, 0.29) is 11.7 Å². The van der Waals surface area contributed by atoms with Crippen molar-refractivity contribution in [3.8, 4) is 5.75 Å². The van der Waals surface area contributed by atoms with Crippen molar-refractivity contribution in [3.63, 3.8) is 0 Å². The van der Waals surface area contributed by atoms with Crippen LogP contribution in [0.2, 0.25) is 0 Å². The number of hydrogen-bond acceptors (Lipinski definition) is 4. The second-order valence-corrected chi connectivity index (χ2v) is 4.91. The third-order valence-electron chi connectivity index (χ3n) is 3.13. The van der Waals surface area contributed by atoms with Crippen LogP contribution in [0.3, 0.4) is 0 Å². The van der Waals surface area contributed by atoms with Crippen molar-refractivity contribution in [2.45, 2.75) is 19.8 Å². The molecule has 1 aromatic rings. The molecule has 1 saturated heterocycles. The fraction of sp³-hybridized carbons (Fsp3) is 0.500. The third-order valence-corrected chi connectivity index (χ3v) is 3.13. The summed E-state index contributed by atoms with van der Waals surface area (Å²) in [6.07, 6.45) is 1.51. The van der Waals surface area contributed by atoms with Crippen molar-refractivity contribution >= 4 is 6.21 Å². The minimum absolute atomic E-state index is 0.200. The summed E-state index contributed by atoms with van der Waals surface area (Å²) in [6, 6.07) is 3.14. The molecule has 1 aliphatic rings. The van der Waals surface area contributed by atoms with E-state index >= 15 is 0 Å². The van der Waals surface area contributed by atoms with E-state index in [0.717, 1.165) is 5.56 Å². The Kier molecular flexibility index (Phi) is 4.37. The lowest BCUT2D eigenvalue weighted by Crippen LogP contribution is -2.32. The van der Waals surface area contributed by atoms with Gasteiger partial charge in [0.15, 0.2) is 11.6 Å². The molecular formula is C14H19FN2O2. The van der Waals surface area contributed by atoms with Gasteiger partial charge in [-0.2, -0.15) is 5.10 Å². The predicted octanol–water partition coefficient (Wildman–Crippen LogP) is 2.32. The van der Waals surface area contributed by atoms with E-state index in [1.807, 2.05) is 18.9 Å². The largest absolute Gasteiger partial charge is 0.504 e. The number of benzene rings is 1. The van der Waals surface area contributed by atoms with Gasteiger partial charge in [-0.05, 0) is 23.6 Å². The summed E-state index contributed by atoms with van der Waals surface area (Å²) in [5, 5.41) is 15.8. The van der Waals surface area contributed by atoms with Gasteiger partial charge in [0.25, 0.3) is 0 Å². The molecule has 2 rings (SSSR count). The first-order valence-electron chi connectivity index (χ1n) is 6.47. The van der Waals surface area contributed by atoms with Gasteiger partial charge >= 0.3 is 0 Å². The van der Waals surface area contributed by atoms with Gasteiger partial charge in [0.2, 0.25) is 0 Å². The molecule has 0 bridgehead atoms. The molecule has 0 atom stereocenters. The normalized spacial score (nSPS) is 16.5. The number of morpholine rings is 1. The lowest BCUT2D eigenvalue weighted by atomic mass is 10.0. The molecule has 0 saturated carbocycles. The number of nitrogens with zero attached hydrogens (tertiary/aromatic N) is 2. The molecule has 0 aromatic heterocycles. The zero-order chi connectivity index (χ0) is 13.8. The molecule has 4 nitrogen and oxygen atoms in total. The second kappa shape index (κ2) is 6.02. The fourth-order valence-electron chi connectivity index (χ4n) is 1.89. The molecular weight excluding hydrogens is 247 g/mol. The van der Waals surface area contributed by atoms with Crippen LogP contribution in [0.15, 0.2) is 17.2 Å². The van der Waals surface area contributed by atoms with Crippen molar-refractivity contribution in [3.05, 3.63) is 29.1 Å². The van der Waals surface area contributed by atoms with Crippen molar-refractivity contribution in [2.75, 3.05) is 26.3 Å². The first-order chi connectivity index (χ1) is 9.08. The first-order valence-corrected chi connectivity index (χ1v) is 6.47. The number of halogens is 1. The zero-order valence-electron chi connectivity index (χ0n) is 11.3. The highest BCUT2D eigenvalue weighted by atomic mass is 19.1. The molecule has 19 heavy (non-hydrogen) atoms. The Morgan fingerprint density at radius 1 is 1.37 bits per heavy atom. The molecule has 104 valence electrons. The highest BCUT2D eigenvalue weighted by Gasteiger charge is 2.11. The summed E-state index contributed by atoms with van der Waals surface area (Å²) in [5.41, 5.74) is 1.26. The van der Waals surface area contributed by atoms with Gasteiger partial charge in [-0.3, -0.25) is 5.01 Å². The van der Waals surface area contributed by atoms with Crippen molar-refractivity contribution in [1.82, 2.24) is 5.01 Å². The second-order valence-electron chi connectivity index (χ2n) is 4.91. The summed E-state index contributed by atoms with van der Waals surface area (Å²) in [5.74, 6) is -0.748. The van der Waals surface area contributed by atoms with Crippen molar-refractivity contribution in [1.29, 1.82) is 0 Å². The maximum atomic E-state index is 13.6. The van der Waals surface area contributed by atoms with Crippen LogP contribution in [0.25, 0.3) is 0 Å². The molecule has 1 fully saturated rings. The van der Waals surface area contributed by atoms with Gasteiger partial charge < -0.3 is 9.84 Å². The Hall–Kier alpha value is -1.62. The fourth-order valence-corrected chi connectivity index (χ4v) is 1.89. The maximum Gasteiger partial charge on any atom is 0.165 e. The maximum absolute atomic E-state index is 13.6. The van der Waals surface area contributed by atoms with E-state index < -0.39 is 5.82 Å². The molecule has 0 unspecified atom stereocenters. The van der Waals surface area contributed by atoms with Crippen LogP contribution >= 0.6 is 0 Å². The highest BCUT2D eigenvalue weighted by molar-refractivity contribution is 5.83.